The number of nitroso groups, excluding NO2 is 1. The van der Waals surface area contributed by atoms with Gasteiger partial charge in [-0.3, -0.25) is 4.79 Å². The fourth-order valence-electron chi connectivity index (χ4n) is 3.37. The molecule has 0 aliphatic rings. The van der Waals surface area contributed by atoms with Gasteiger partial charge in [0, 0.05) is 23.7 Å². The molecule has 0 radical (unpaired) electrons. The highest BCUT2D eigenvalue weighted by molar-refractivity contribution is 6.06. The van der Waals surface area contributed by atoms with Crippen LogP contribution in [-0.4, -0.2) is 21.7 Å². The summed E-state index contributed by atoms with van der Waals surface area (Å²) in [5, 5.41) is 11.5. The minimum absolute atomic E-state index is 0.163. The van der Waals surface area contributed by atoms with Gasteiger partial charge in [0.25, 0.3) is 5.91 Å². The van der Waals surface area contributed by atoms with E-state index in [1.54, 1.807) is 29.1 Å². The molecule has 7 nitrogen and oxygen atoms in total. The number of carbonyl (C=O) groups is 1. The average molecular weight is 433 g/mol. The second kappa shape index (κ2) is 10.3. The summed E-state index contributed by atoms with van der Waals surface area (Å²) in [4.78, 5) is 20.3. The molecular weight excluding hydrogens is 409 g/mol. The molecule has 32 heavy (non-hydrogen) atoms. The quantitative estimate of drug-likeness (QED) is 0.362. The fraction of sp³-hybridized carbons (Fsp3) is 0.167. The van der Waals surface area contributed by atoms with Crippen LogP contribution in [-0.2, 0) is 6.54 Å². The lowest BCUT2D eigenvalue weighted by molar-refractivity contribution is 0.0952. The number of hydrogen-bond donors (Lipinski definition) is 3. The predicted octanol–water partition coefficient (Wildman–Crippen LogP) is 5.25. The summed E-state index contributed by atoms with van der Waals surface area (Å²) >= 11 is 0. The third kappa shape index (κ3) is 5.15. The van der Waals surface area contributed by atoms with Crippen LogP contribution in [0.15, 0.2) is 72.9 Å². The highest BCUT2D eigenvalue weighted by atomic mass is 19.1. The Bertz CT molecular complexity index is 1190. The molecule has 164 valence electrons. The summed E-state index contributed by atoms with van der Waals surface area (Å²) in [6, 6.07) is 20.0. The molecule has 0 bridgehead atoms. The molecular formula is C24H24FN5O2. The maximum Gasteiger partial charge on any atom is 0.252 e. The van der Waals surface area contributed by atoms with Crippen molar-refractivity contribution in [3.8, 4) is 5.69 Å². The third-order valence-corrected chi connectivity index (χ3v) is 4.79. The van der Waals surface area contributed by atoms with Crippen molar-refractivity contribution in [3.05, 3.63) is 94.8 Å². The molecule has 0 spiro atoms. The molecule has 0 atom stereocenters. The van der Waals surface area contributed by atoms with E-state index in [-0.39, 0.29) is 11.7 Å². The number of aromatic nitrogens is 2. The molecule has 0 fully saturated rings. The number of anilines is 1. The van der Waals surface area contributed by atoms with E-state index < -0.39 is 0 Å². The molecule has 0 unspecified atom stereocenters. The van der Waals surface area contributed by atoms with Crippen LogP contribution in [0.2, 0.25) is 0 Å². The van der Waals surface area contributed by atoms with Crippen molar-refractivity contribution in [2.24, 2.45) is 0 Å². The van der Waals surface area contributed by atoms with Crippen LogP contribution in [0.1, 0.15) is 29.8 Å². The highest BCUT2D eigenvalue weighted by Crippen LogP contribution is 2.22. The third-order valence-electron chi connectivity index (χ3n) is 4.79. The first kappa shape index (κ1) is 22.6. The van der Waals surface area contributed by atoms with Gasteiger partial charge in [-0.15, -0.1) is 0 Å². The standard InChI is InChI=1S/C24H23FN4O.HNO/c1-16(2)28-19-10-6-17(7-11-19)14-26-24(30)21-4-3-5-23-22(21)15-27-29(23)20-12-8-18(25)9-13-20;1-2/h3-13,15-16,28H,14H2,1-2H3,(H,26,30);1H. The number of benzene rings is 3. The number of halogens is 1. The van der Waals surface area contributed by atoms with E-state index in [1.807, 2.05) is 36.4 Å². The maximum atomic E-state index is 13.2. The van der Waals surface area contributed by atoms with Gasteiger partial charge in [-0.2, -0.15) is 10.0 Å². The summed E-state index contributed by atoms with van der Waals surface area (Å²) in [5.41, 5.74) is 8.65. The van der Waals surface area contributed by atoms with E-state index >= 15 is 0 Å². The number of nitrogens with one attached hydrogen (secondary N) is 3. The minimum Gasteiger partial charge on any atom is -0.383 e. The van der Waals surface area contributed by atoms with Crippen molar-refractivity contribution >= 4 is 22.5 Å². The molecule has 0 aliphatic carbocycles. The highest BCUT2D eigenvalue weighted by Gasteiger charge is 2.14. The van der Waals surface area contributed by atoms with Gasteiger partial charge in [-0.05, 0) is 67.9 Å². The summed E-state index contributed by atoms with van der Waals surface area (Å²) in [7, 11) is 0. The van der Waals surface area contributed by atoms with Crippen molar-refractivity contribution in [3.63, 3.8) is 0 Å². The molecule has 4 rings (SSSR count). The van der Waals surface area contributed by atoms with Crippen molar-refractivity contribution in [1.29, 1.82) is 5.59 Å². The van der Waals surface area contributed by atoms with Crippen molar-refractivity contribution in [2.75, 3.05) is 5.32 Å². The van der Waals surface area contributed by atoms with Crippen LogP contribution in [0.5, 0.6) is 0 Å². The number of hydrogen-bond acceptors (Lipinski definition) is 5. The normalized spacial score (nSPS) is 10.5. The molecule has 1 amide bonds. The molecule has 1 aromatic heterocycles. The predicted molar refractivity (Wildman–Crippen MR) is 123 cm³/mol. The molecule has 1 heterocycles. The topological polar surface area (TPSA) is 99.9 Å². The first-order chi connectivity index (χ1) is 15.5. The molecule has 0 aliphatic heterocycles. The number of nitrogens with zero attached hydrogens (tertiary/aromatic N) is 2. The van der Waals surface area contributed by atoms with E-state index in [9.17, 15) is 9.18 Å². The van der Waals surface area contributed by atoms with Crippen LogP contribution in [0, 0.1) is 16.3 Å². The molecule has 8 heteroatoms. The van der Waals surface area contributed by atoms with E-state index in [1.165, 1.54) is 12.1 Å². The molecule has 0 saturated carbocycles. The molecule has 3 aromatic carbocycles. The Morgan fingerprint density at radius 3 is 2.38 bits per heavy atom. The Morgan fingerprint density at radius 2 is 1.72 bits per heavy atom. The van der Waals surface area contributed by atoms with Crippen molar-refractivity contribution in [1.82, 2.24) is 15.1 Å². The zero-order valence-corrected chi connectivity index (χ0v) is 17.8. The second-order valence-corrected chi connectivity index (χ2v) is 7.45. The zero-order valence-electron chi connectivity index (χ0n) is 17.8. The Kier molecular flexibility index (Phi) is 7.28. The fourth-order valence-corrected chi connectivity index (χ4v) is 3.37. The lowest BCUT2D eigenvalue weighted by Gasteiger charge is -2.11. The number of carbonyl (C=O) groups excluding carboxylic acids is 1. The van der Waals surface area contributed by atoms with Crippen LogP contribution in [0.4, 0.5) is 10.1 Å². The first-order valence-corrected chi connectivity index (χ1v) is 10.1. The maximum absolute atomic E-state index is 13.2. The largest absolute Gasteiger partial charge is 0.383 e. The van der Waals surface area contributed by atoms with Crippen LogP contribution >= 0.6 is 0 Å². The number of amides is 1. The first-order valence-electron chi connectivity index (χ1n) is 10.1. The van der Waals surface area contributed by atoms with Gasteiger partial charge in [0.1, 0.15) is 5.82 Å². The smallest absolute Gasteiger partial charge is 0.252 e. The Balaban J connectivity index is 0.00000141. The van der Waals surface area contributed by atoms with Gasteiger partial charge in [0.05, 0.1) is 23.0 Å². The monoisotopic (exact) mass is 433 g/mol. The van der Waals surface area contributed by atoms with Crippen molar-refractivity contribution < 1.29 is 9.18 Å². The van der Waals surface area contributed by atoms with Gasteiger partial charge in [-0.1, -0.05) is 23.8 Å². The van der Waals surface area contributed by atoms with Crippen LogP contribution < -0.4 is 10.6 Å². The summed E-state index contributed by atoms with van der Waals surface area (Å²) in [6.07, 6.45) is 1.67. The van der Waals surface area contributed by atoms with Gasteiger partial charge in [0.2, 0.25) is 0 Å². The van der Waals surface area contributed by atoms with E-state index in [2.05, 4.69) is 35.2 Å². The summed E-state index contributed by atoms with van der Waals surface area (Å²) in [5.74, 6) is -0.466. The van der Waals surface area contributed by atoms with Gasteiger partial charge in [-0.25, -0.2) is 9.07 Å². The Labute approximate surface area is 185 Å². The number of rotatable bonds is 6. The van der Waals surface area contributed by atoms with Gasteiger partial charge < -0.3 is 10.6 Å². The second-order valence-electron chi connectivity index (χ2n) is 7.45. The lowest BCUT2D eigenvalue weighted by atomic mass is 10.1. The zero-order chi connectivity index (χ0) is 23.1. The molecule has 4 aromatic rings. The minimum atomic E-state index is -0.303. The van der Waals surface area contributed by atoms with E-state index in [0.717, 1.165) is 27.8 Å². The van der Waals surface area contributed by atoms with Crippen LogP contribution in [0.3, 0.4) is 0 Å². The Hall–Kier alpha value is -4.07. The van der Waals surface area contributed by atoms with E-state index in [0.29, 0.717) is 18.2 Å². The SMILES string of the molecule is CC(C)Nc1ccc(CNC(=O)c2cccc3c2cnn3-c2ccc(F)cc2)cc1.N=O. The summed E-state index contributed by atoms with van der Waals surface area (Å²) < 4.78 is 14.9. The van der Waals surface area contributed by atoms with E-state index in [4.69, 9.17) is 4.91 Å². The molecule has 0 saturated heterocycles. The van der Waals surface area contributed by atoms with Gasteiger partial charge in [0.15, 0.2) is 0 Å². The Morgan fingerprint density at radius 1 is 1.03 bits per heavy atom. The molecule has 3 N–H and O–H groups in total. The lowest BCUT2D eigenvalue weighted by Crippen LogP contribution is -2.23. The van der Waals surface area contributed by atoms with Crippen LogP contribution in [0.25, 0.3) is 16.6 Å². The van der Waals surface area contributed by atoms with Gasteiger partial charge >= 0.3 is 0 Å². The average Bonchev–Trinajstić information content (AvgIpc) is 3.24. The van der Waals surface area contributed by atoms with Crippen molar-refractivity contribution in [2.45, 2.75) is 26.4 Å². The summed E-state index contributed by atoms with van der Waals surface area (Å²) in [6.45, 7) is 4.61. The number of fused-ring (bicyclic) bond motifs is 1.